The Bertz CT molecular complexity index is 1520. The van der Waals surface area contributed by atoms with Crippen molar-refractivity contribution in [3.63, 3.8) is 0 Å². The Kier molecular flexibility index (Phi) is 6.59. The number of benzene rings is 3. The number of para-hydroxylation sites is 1. The Balaban J connectivity index is 0.00000320. The van der Waals surface area contributed by atoms with E-state index in [0.717, 1.165) is 24.8 Å². The number of carbonyl (C=O) groups is 1. The lowest BCUT2D eigenvalue weighted by Crippen LogP contribution is -2.35. The van der Waals surface area contributed by atoms with Crippen LogP contribution < -0.4 is 9.62 Å². The lowest BCUT2D eigenvalue weighted by atomic mass is 10.2. The molecule has 1 fully saturated rings. The highest BCUT2D eigenvalue weighted by atomic mass is 32.2. The largest absolute Gasteiger partial charge is 0.322 e. The highest BCUT2D eigenvalue weighted by Gasteiger charge is 2.31. The van der Waals surface area contributed by atoms with Gasteiger partial charge >= 0.3 is 0 Å². The van der Waals surface area contributed by atoms with Gasteiger partial charge in [0, 0.05) is 32.3 Å². The molecule has 1 saturated heterocycles. The van der Waals surface area contributed by atoms with E-state index in [0.29, 0.717) is 37.4 Å². The topological polar surface area (TPSA) is 104 Å². The Morgan fingerprint density at radius 3 is 2.22 bits per heavy atom. The van der Waals surface area contributed by atoms with E-state index in [2.05, 4.69) is 5.32 Å². The molecule has 0 aliphatic carbocycles. The molecule has 36 heavy (non-hydrogen) atoms. The number of carbonyl (C=O) groups excluding carboxylic acids is 1. The summed E-state index contributed by atoms with van der Waals surface area (Å²) in [6, 6.07) is 19.4. The number of nitrogens with zero attached hydrogens (tertiary/aromatic N) is 2. The molecule has 3 aromatic rings. The minimum atomic E-state index is -3.85. The van der Waals surface area contributed by atoms with Crippen LogP contribution in [-0.4, -0.2) is 46.7 Å². The first-order valence-corrected chi connectivity index (χ1v) is 14.8. The van der Waals surface area contributed by atoms with Crippen LogP contribution >= 0.6 is 0 Å². The van der Waals surface area contributed by atoms with Crippen LogP contribution in [0.3, 0.4) is 0 Å². The smallest absolute Gasteiger partial charge is 0.264 e. The third kappa shape index (κ3) is 4.63. The highest BCUT2D eigenvalue weighted by Crippen LogP contribution is 2.33. The molecule has 10 heteroatoms. The molecule has 190 valence electrons. The van der Waals surface area contributed by atoms with Gasteiger partial charge in [0.15, 0.2) is 0 Å². The number of hydrogen-bond acceptors (Lipinski definition) is 5. The Morgan fingerprint density at radius 2 is 1.44 bits per heavy atom. The summed E-state index contributed by atoms with van der Waals surface area (Å²) in [5.74, 6) is -0.526. The lowest BCUT2D eigenvalue weighted by molar-refractivity contribution is 0.102. The first-order chi connectivity index (χ1) is 17.3. The van der Waals surface area contributed by atoms with Crippen LogP contribution in [0, 0.1) is 0 Å². The summed E-state index contributed by atoms with van der Waals surface area (Å²) in [5.41, 5.74) is 2.10. The maximum atomic E-state index is 13.4. The fraction of sp³-hybridized carbons (Fsp3) is 0.269. The molecule has 8 nitrogen and oxygen atoms in total. The van der Waals surface area contributed by atoms with Crippen molar-refractivity contribution < 1.29 is 23.1 Å². The van der Waals surface area contributed by atoms with E-state index in [1.54, 1.807) is 24.3 Å². The van der Waals surface area contributed by atoms with Crippen LogP contribution in [0.25, 0.3) is 0 Å². The van der Waals surface area contributed by atoms with E-state index in [-0.39, 0.29) is 16.8 Å². The zero-order valence-electron chi connectivity index (χ0n) is 19.6. The van der Waals surface area contributed by atoms with Gasteiger partial charge in [-0.05, 0) is 67.3 Å². The number of hydrogen-bond donors (Lipinski definition) is 1. The molecule has 2 aliphatic rings. The molecule has 0 bridgehead atoms. The first kappa shape index (κ1) is 24.5. The highest BCUT2D eigenvalue weighted by molar-refractivity contribution is 7.92. The maximum Gasteiger partial charge on any atom is 0.264 e. The van der Waals surface area contributed by atoms with Gasteiger partial charge in [-0.3, -0.25) is 9.10 Å². The van der Waals surface area contributed by atoms with Crippen molar-refractivity contribution in [1.82, 2.24) is 4.31 Å². The van der Waals surface area contributed by atoms with Crippen molar-refractivity contribution >= 4 is 37.3 Å². The monoisotopic (exact) mass is 527 g/mol. The Morgan fingerprint density at radius 1 is 0.750 bits per heavy atom. The van der Waals surface area contributed by atoms with Crippen LogP contribution in [0.5, 0.6) is 0 Å². The quantitative estimate of drug-likeness (QED) is 0.520. The van der Waals surface area contributed by atoms with Crippen molar-refractivity contribution in [2.45, 2.75) is 35.5 Å². The average Bonchev–Trinajstić information content (AvgIpc) is 3.35. The van der Waals surface area contributed by atoms with Gasteiger partial charge in [-0.25, -0.2) is 16.8 Å². The van der Waals surface area contributed by atoms with Gasteiger partial charge in [0.1, 0.15) is 0 Å². The third-order valence-electron chi connectivity index (χ3n) is 6.57. The number of anilines is 2. The van der Waals surface area contributed by atoms with Gasteiger partial charge in [0.25, 0.3) is 15.9 Å². The lowest BCUT2D eigenvalue weighted by Gasteiger charge is -2.26. The van der Waals surface area contributed by atoms with E-state index < -0.39 is 26.0 Å². The molecule has 0 aromatic heterocycles. The second kappa shape index (κ2) is 9.68. The van der Waals surface area contributed by atoms with Crippen LogP contribution in [0.1, 0.15) is 36.6 Å². The molecule has 0 unspecified atom stereocenters. The number of amides is 1. The maximum absolute atomic E-state index is 13.4. The molecule has 1 N–H and O–H groups in total. The summed E-state index contributed by atoms with van der Waals surface area (Å²) in [7, 11) is -7.50. The number of rotatable bonds is 6. The standard InChI is InChI=1S/C26H27N3O5S2.H2/c30-26(27-22-10-7-12-24(19-22)35(31,32)28-15-4-1-5-16-28)21-9-6-11-23(18-21)36(33,34)29-17-14-20-8-2-3-13-25(20)29;/h2-3,6-13,18-19H,1,4-5,14-17H2,(H,27,30);1H. The zero-order chi connectivity index (χ0) is 25.3. The summed E-state index contributed by atoms with van der Waals surface area (Å²) in [4.78, 5) is 13.1. The van der Waals surface area contributed by atoms with Gasteiger partial charge in [-0.2, -0.15) is 4.31 Å². The minimum Gasteiger partial charge on any atom is -0.322 e. The van der Waals surface area contributed by atoms with Crippen molar-refractivity contribution in [3.8, 4) is 0 Å². The SMILES string of the molecule is O=C(Nc1cccc(S(=O)(=O)N2CCCCC2)c1)c1cccc(S(=O)(=O)N2CCc3ccccc32)c1.[HH]. The molecule has 0 saturated carbocycles. The van der Waals surface area contributed by atoms with Crippen LogP contribution in [0.15, 0.2) is 82.6 Å². The van der Waals surface area contributed by atoms with Gasteiger partial charge in [-0.1, -0.05) is 36.8 Å². The first-order valence-electron chi connectivity index (χ1n) is 11.9. The minimum absolute atomic E-state index is 0. The average molecular weight is 528 g/mol. The normalized spacial score (nSPS) is 16.5. The summed E-state index contributed by atoms with van der Waals surface area (Å²) in [6.45, 7) is 1.32. The summed E-state index contributed by atoms with van der Waals surface area (Å²) < 4.78 is 55.6. The van der Waals surface area contributed by atoms with Crippen LogP contribution in [0.4, 0.5) is 11.4 Å². The predicted molar refractivity (Wildman–Crippen MR) is 140 cm³/mol. The molecule has 0 radical (unpaired) electrons. The fourth-order valence-corrected chi connectivity index (χ4v) is 7.79. The number of fused-ring (bicyclic) bond motifs is 1. The summed E-state index contributed by atoms with van der Waals surface area (Å²) >= 11 is 0. The Hall–Kier alpha value is -3.21. The second-order valence-corrected chi connectivity index (χ2v) is 12.7. The van der Waals surface area contributed by atoms with Crippen molar-refractivity contribution in [2.24, 2.45) is 0 Å². The number of piperidine rings is 1. The van der Waals surface area contributed by atoms with E-state index >= 15 is 0 Å². The van der Waals surface area contributed by atoms with Gasteiger partial charge in [0.2, 0.25) is 10.0 Å². The van der Waals surface area contributed by atoms with Crippen molar-refractivity contribution in [3.05, 3.63) is 83.9 Å². The number of nitrogens with one attached hydrogen (secondary N) is 1. The third-order valence-corrected chi connectivity index (χ3v) is 10.3. The molecular weight excluding hydrogens is 498 g/mol. The second-order valence-electron chi connectivity index (χ2n) is 8.93. The molecule has 0 atom stereocenters. The predicted octanol–water partition coefficient (Wildman–Crippen LogP) is 4.11. The van der Waals surface area contributed by atoms with Crippen molar-refractivity contribution in [2.75, 3.05) is 29.3 Å². The molecule has 3 aromatic carbocycles. The van der Waals surface area contributed by atoms with Crippen LogP contribution in [0.2, 0.25) is 0 Å². The van der Waals surface area contributed by atoms with Crippen LogP contribution in [-0.2, 0) is 26.5 Å². The van der Waals surface area contributed by atoms with E-state index in [9.17, 15) is 21.6 Å². The molecule has 0 spiro atoms. The van der Waals surface area contributed by atoms with Gasteiger partial charge < -0.3 is 5.32 Å². The summed E-state index contributed by atoms with van der Waals surface area (Å²) in [5, 5.41) is 2.71. The fourth-order valence-electron chi connectivity index (χ4n) is 4.67. The molecule has 2 aliphatic heterocycles. The molecular formula is C26H29N3O5S2. The van der Waals surface area contributed by atoms with Gasteiger partial charge in [0.05, 0.1) is 15.5 Å². The van der Waals surface area contributed by atoms with Gasteiger partial charge in [-0.15, -0.1) is 0 Å². The zero-order valence-corrected chi connectivity index (χ0v) is 21.3. The van der Waals surface area contributed by atoms with Crippen molar-refractivity contribution in [1.29, 1.82) is 0 Å². The van der Waals surface area contributed by atoms with E-state index in [1.807, 2.05) is 12.1 Å². The van der Waals surface area contributed by atoms with E-state index in [1.165, 1.54) is 45.0 Å². The van der Waals surface area contributed by atoms with E-state index in [4.69, 9.17) is 0 Å². The Labute approximate surface area is 213 Å². The number of sulfonamides is 2. The molecule has 1 amide bonds. The molecule has 5 rings (SSSR count). The molecule has 2 heterocycles. The summed E-state index contributed by atoms with van der Waals surface area (Å²) in [6.07, 6.45) is 3.31.